The Morgan fingerprint density at radius 1 is 1.42 bits per heavy atom. The van der Waals surface area contributed by atoms with Crippen molar-refractivity contribution in [3.63, 3.8) is 0 Å². The molecule has 0 amide bonds. The number of nitrogens with one attached hydrogen (secondary N) is 1. The van der Waals surface area contributed by atoms with Crippen molar-refractivity contribution in [3.05, 3.63) is 0 Å². The smallest absolute Gasteiger partial charge is 0.0569 e. The minimum atomic E-state index is 0.273. The van der Waals surface area contributed by atoms with Crippen LogP contribution in [0.4, 0.5) is 0 Å². The highest BCUT2D eigenvalue weighted by atomic mass is 16.5. The first-order chi connectivity index (χ1) is 5.85. The van der Waals surface area contributed by atoms with E-state index in [1.807, 2.05) is 0 Å². The molecule has 0 unspecified atom stereocenters. The van der Waals surface area contributed by atoms with Gasteiger partial charge in [-0.1, -0.05) is 6.42 Å². The number of hydrogen-bond acceptors (Lipinski definition) is 3. The van der Waals surface area contributed by atoms with Crippen LogP contribution >= 0.6 is 0 Å². The average Bonchev–Trinajstić information content (AvgIpc) is 1.91. The van der Waals surface area contributed by atoms with E-state index in [1.54, 1.807) is 0 Å². The Labute approximate surface area is 73.7 Å². The van der Waals surface area contributed by atoms with E-state index >= 15 is 0 Å². The Kier molecular flexibility index (Phi) is 2.35. The van der Waals surface area contributed by atoms with E-state index in [-0.39, 0.29) is 5.41 Å². The van der Waals surface area contributed by atoms with Gasteiger partial charge in [0, 0.05) is 24.5 Å². The van der Waals surface area contributed by atoms with E-state index in [2.05, 4.69) is 5.32 Å². The first-order valence-corrected chi connectivity index (χ1v) is 4.86. The second-order valence-corrected chi connectivity index (χ2v) is 4.21. The van der Waals surface area contributed by atoms with Gasteiger partial charge in [0.1, 0.15) is 0 Å². The standard InChI is InChI=1S/C9H18N2O/c10-4-9(6-12-7-9)5-11-8-2-1-3-8/h8,11H,1-7,10H2. The number of ether oxygens (including phenoxy) is 1. The third kappa shape index (κ3) is 1.49. The third-order valence-corrected chi connectivity index (χ3v) is 3.12. The quantitative estimate of drug-likeness (QED) is 0.629. The zero-order chi connectivity index (χ0) is 8.44. The maximum absolute atomic E-state index is 5.69. The molecule has 0 aromatic rings. The van der Waals surface area contributed by atoms with Crippen molar-refractivity contribution in [1.82, 2.24) is 5.32 Å². The summed E-state index contributed by atoms with van der Waals surface area (Å²) in [5.41, 5.74) is 5.97. The molecule has 0 radical (unpaired) electrons. The predicted molar refractivity (Wildman–Crippen MR) is 47.9 cm³/mol. The first kappa shape index (κ1) is 8.48. The zero-order valence-corrected chi connectivity index (χ0v) is 7.51. The minimum absolute atomic E-state index is 0.273. The Bertz CT molecular complexity index is 147. The summed E-state index contributed by atoms with van der Waals surface area (Å²) in [6.45, 7) is 3.51. The van der Waals surface area contributed by atoms with Gasteiger partial charge in [0.2, 0.25) is 0 Å². The molecule has 1 aliphatic carbocycles. The fraction of sp³-hybridized carbons (Fsp3) is 1.00. The number of hydrogen-bond donors (Lipinski definition) is 2. The molecule has 1 heterocycles. The molecule has 70 valence electrons. The van der Waals surface area contributed by atoms with Crippen LogP contribution in [0, 0.1) is 5.41 Å². The lowest BCUT2D eigenvalue weighted by molar-refractivity contribution is -0.106. The SMILES string of the molecule is NCC1(CNC2CCC2)COC1. The van der Waals surface area contributed by atoms with Crippen LogP contribution in [0.15, 0.2) is 0 Å². The molecule has 0 spiro atoms. The van der Waals surface area contributed by atoms with Crippen molar-refractivity contribution in [1.29, 1.82) is 0 Å². The van der Waals surface area contributed by atoms with Crippen LogP contribution in [0.3, 0.4) is 0 Å². The Morgan fingerprint density at radius 3 is 2.50 bits per heavy atom. The summed E-state index contributed by atoms with van der Waals surface area (Å²) in [4.78, 5) is 0. The second-order valence-electron chi connectivity index (χ2n) is 4.21. The van der Waals surface area contributed by atoms with E-state index in [0.717, 1.165) is 32.3 Å². The molecule has 3 heteroatoms. The van der Waals surface area contributed by atoms with E-state index in [0.29, 0.717) is 0 Å². The van der Waals surface area contributed by atoms with Crippen molar-refractivity contribution >= 4 is 0 Å². The van der Waals surface area contributed by atoms with Crippen LogP contribution < -0.4 is 11.1 Å². The van der Waals surface area contributed by atoms with Crippen LogP contribution in [-0.4, -0.2) is 32.3 Å². The zero-order valence-electron chi connectivity index (χ0n) is 7.51. The molecule has 3 N–H and O–H groups in total. The molecule has 2 rings (SSSR count). The van der Waals surface area contributed by atoms with Gasteiger partial charge in [-0.25, -0.2) is 0 Å². The maximum Gasteiger partial charge on any atom is 0.0569 e. The van der Waals surface area contributed by atoms with E-state index in [9.17, 15) is 0 Å². The second kappa shape index (κ2) is 3.32. The van der Waals surface area contributed by atoms with Crippen LogP contribution in [0.25, 0.3) is 0 Å². The summed E-state index contributed by atoms with van der Waals surface area (Å²) < 4.78 is 5.19. The van der Waals surface area contributed by atoms with Crippen molar-refractivity contribution < 1.29 is 4.74 Å². The Balaban J connectivity index is 1.69. The van der Waals surface area contributed by atoms with Gasteiger partial charge < -0.3 is 15.8 Å². The molecule has 0 aromatic carbocycles. The van der Waals surface area contributed by atoms with E-state index in [1.165, 1.54) is 19.3 Å². The molecule has 12 heavy (non-hydrogen) atoms. The maximum atomic E-state index is 5.69. The summed E-state index contributed by atoms with van der Waals surface area (Å²) in [7, 11) is 0. The molecule has 0 bridgehead atoms. The van der Waals surface area contributed by atoms with Crippen molar-refractivity contribution in [2.45, 2.75) is 25.3 Å². The largest absolute Gasteiger partial charge is 0.380 e. The predicted octanol–water partition coefficient (Wildman–Crippen LogP) is 0.104. The van der Waals surface area contributed by atoms with E-state index in [4.69, 9.17) is 10.5 Å². The van der Waals surface area contributed by atoms with E-state index < -0.39 is 0 Å². The van der Waals surface area contributed by atoms with Crippen molar-refractivity contribution in [2.75, 3.05) is 26.3 Å². The highest BCUT2D eigenvalue weighted by Crippen LogP contribution is 2.26. The summed E-state index contributed by atoms with van der Waals surface area (Å²) in [5.74, 6) is 0. The van der Waals surface area contributed by atoms with Crippen LogP contribution in [0.1, 0.15) is 19.3 Å². The monoisotopic (exact) mass is 170 g/mol. The fourth-order valence-corrected chi connectivity index (χ4v) is 1.66. The summed E-state index contributed by atoms with van der Waals surface area (Å²) in [5, 5.41) is 3.55. The lowest BCUT2D eigenvalue weighted by Gasteiger charge is -2.42. The van der Waals surface area contributed by atoms with Gasteiger partial charge in [-0.15, -0.1) is 0 Å². The molecule has 2 fully saturated rings. The summed E-state index contributed by atoms with van der Waals surface area (Å²) in [6.07, 6.45) is 4.09. The van der Waals surface area contributed by atoms with Gasteiger partial charge >= 0.3 is 0 Å². The molecule has 0 aromatic heterocycles. The van der Waals surface area contributed by atoms with Gasteiger partial charge in [-0.3, -0.25) is 0 Å². The molecular weight excluding hydrogens is 152 g/mol. The third-order valence-electron chi connectivity index (χ3n) is 3.12. The summed E-state index contributed by atoms with van der Waals surface area (Å²) >= 11 is 0. The topological polar surface area (TPSA) is 47.3 Å². The molecule has 2 aliphatic rings. The van der Waals surface area contributed by atoms with Gasteiger partial charge in [0.25, 0.3) is 0 Å². The van der Waals surface area contributed by atoms with Gasteiger partial charge in [0.05, 0.1) is 13.2 Å². The highest BCUT2D eigenvalue weighted by molar-refractivity contribution is 4.90. The van der Waals surface area contributed by atoms with Crippen LogP contribution in [0.5, 0.6) is 0 Å². The highest BCUT2D eigenvalue weighted by Gasteiger charge is 2.37. The Hall–Kier alpha value is -0.120. The van der Waals surface area contributed by atoms with Gasteiger partial charge in [0.15, 0.2) is 0 Å². The molecular formula is C9H18N2O. The summed E-state index contributed by atoms with van der Waals surface area (Å²) in [6, 6.07) is 0.772. The molecule has 0 atom stereocenters. The lowest BCUT2D eigenvalue weighted by atomic mass is 9.84. The van der Waals surface area contributed by atoms with Gasteiger partial charge in [-0.2, -0.15) is 0 Å². The normalized spacial score (nSPS) is 27.8. The number of rotatable bonds is 4. The average molecular weight is 170 g/mol. The molecule has 1 saturated heterocycles. The lowest BCUT2D eigenvalue weighted by Crippen LogP contribution is -2.56. The molecule has 3 nitrogen and oxygen atoms in total. The first-order valence-electron chi connectivity index (χ1n) is 4.86. The molecule has 1 saturated carbocycles. The Morgan fingerprint density at radius 2 is 2.17 bits per heavy atom. The number of nitrogens with two attached hydrogens (primary N) is 1. The van der Waals surface area contributed by atoms with Gasteiger partial charge in [-0.05, 0) is 12.8 Å². The van der Waals surface area contributed by atoms with Crippen molar-refractivity contribution in [2.24, 2.45) is 11.1 Å². The minimum Gasteiger partial charge on any atom is -0.380 e. The molecule has 1 aliphatic heterocycles. The van der Waals surface area contributed by atoms with Crippen LogP contribution in [0.2, 0.25) is 0 Å². The fourth-order valence-electron chi connectivity index (χ4n) is 1.66. The van der Waals surface area contributed by atoms with Crippen molar-refractivity contribution in [3.8, 4) is 0 Å². The van der Waals surface area contributed by atoms with Crippen LogP contribution in [-0.2, 0) is 4.74 Å².